The molecule has 0 radical (unpaired) electrons. The van der Waals surface area contributed by atoms with E-state index in [2.05, 4.69) is 32.1 Å². The van der Waals surface area contributed by atoms with Crippen LogP contribution in [0.3, 0.4) is 0 Å². The number of fused-ring (bicyclic) bond motifs is 1. The lowest BCUT2D eigenvalue weighted by molar-refractivity contribution is -0.122. The van der Waals surface area contributed by atoms with Gasteiger partial charge in [-0.2, -0.15) is 0 Å². The van der Waals surface area contributed by atoms with E-state index in [9.17, 15) is 9.59 Å². The number of primary amides is 1. The lowest BCUT2D eigenvalue weighted by Gasteiger charge is -2.37. The van der Waals surface area contributed by atoms with Gasteiger partial charge in [-0.05, 0) is 30.8 Å². The summed E-state index contributed by atoms with van der Waals surface area (Å²) in [5.41, 5.74) is 7.97. The number of nitrogens with zero attached hydrogens (tertiary/aromatic N) is 3. The van der Waals surface area contributed by atoms with Gasteiger partial charge in [0.2, 0.25) is 17.8 Å². The zero-order chi connectivity index (χ0) is 20.4. The van der Waals surface area contributed by atoms with Crippen molar-refractivity contribution >= 4 is 28.8 Å². The van der Waals surface area contributed by atoms with Gasteiger partial charge in [-0.1, -0.05) is 30.3 Å². The van der Waals surface area contributed by atoms with Crippen LogP contribution < -0.4 is 11.1 Å². The first-order valence-corrected chi connectivity index (χ1v) is 9.59. The van der Waals surface area contributed by atoms with E-state index >= 15 is 0 Å². The van der Waals surface area contributed by atoms with Crippen LogP contribution in [0, 0.1) is 0 Å². The zero-order valence-corrected chi connectivity index (χ0v) is 16.3. The fraction of sp³-hybridized carbons (Fsp3) is 0.286. The summed E-state index contributed by atoms with van der Waals surface area (Å²) in [6.07, 6.45) is 0. The van der Waals surface area contributed by atoms with E-state index in [1.807, 2.05) is 30.3 Å². The van der Waals surface area contributed by atoms with Gasteiger partial charge >= 0.3 is 0 Å². The Morgan fingerprint density at radius 2 is 1.83 bits per heavy atom. The predicted octanol–water partition coefficient (Wildman–Crippen LogP) is 1.59. The van der Waals surface area contributed by atoms with Gasteiger partial charge in [-0.15, -0.1) is 0 Å². The fourth-order valence-corrected chi connectivity index (χ4v) is 3.65. The molecular weight excluding hydrogens is 368 g/mol. The molecular formula is C21H24N6O2. The maximum absolute atomic E-state index is 13.2. The third kappa shape index (κ3) is 4.13. The number of amides is 2. The first-order chi connectivity index (χ1) is 14.0. The number of nitrogens with one attached hydrogen (secondary N) is 2. The molecule has 1 unspecified atom stereocenters. The number of H-pyrrole nitrogens is 1. The number of piperazine rings is 1. The van der Waals surface area contributed by atoms with E-state index in [-0.39, 0.29) is 5.91 Å². The van der Waals surface area contributed by atoms with Gasteiger partial charge in [0.1, 0.15) is 6.04 Å². The van der Waals surface area contributed by atoms with Gasteiger partial charge in [0.05, 0.1) is 11.0 Å². The fourth-order valence-electron chi connectivity index (χ4n) is 3.65. The molecule has 1 atom stereocenters. The molecule has 8 nitrogen and oxygen atoms in total. The van der Waals surface area contributed by atoms with Gasteiger partial charge < -0.3 is 15.6 Å². The number of hydrogen-bond acceptors (Lipinski definition) is 5. The number of likely N-dealkylation sites (N-methyl/N-ethyl adjacent to an activating group) is 1. The molecule has 29 heavy (non-hydrogen) atoms. The van der Waals surface area contributed by atoms with Crippen molar-refractivity contribution in [3.05, 3.63) is 59.7 Å². The van der Waals surface area contributed by atoms with E-state index in [0.29, 0.717) is 22.5 Å². The minimum atomic E-state index is -0.508. The summed E-state index contributed by atoms with van der Waals surface area (Å²) in [7, 11) is 2.09. The molecule has 0 saturated carbocycles. The molecule has 1 fully saturated rings. The maximum Gasteiger partial charge on any atom is 0.248 e. The number of carbonyl (C=O) groups excluding carboxylic acids is 2. The first-order valence-electron chi connectivity index (χ1n) is 9.59. The van der Waals surface area contributed by atoms with E-state index < -0.39 is 11.9 Å². The third-order valence-electron chi connectivity index (χ3n) is 5.27. The van der Waals surface area contributed by atoms with Crippen molar-refractivity contribution in [1.29, 1.82) is 0 Å². The average molecular weight is 392 g/mol. The van der Waals surface area contributed by atoms with Crippen LogP contribution in [0.25, 0.3) is 11.0 Å². The van der Waals surface area contributed by atoms with Crippen molar-refractivity contribution in [3.8, 4) is 0 Å². The molecule has 1 aliphatic rings. The quantitative estimate of drug-likeness (QED) is 0.611. The second kappa shape index (κ2) is 8.02. The van der Waals surface area contributed by atoms with Crippen molar-refractivity contribution in [2.75, 3.05) is 38.5 Å². The highest BCUT2D eigenvalue weighted by Gasteiger charge is 2.30. The van der Waals surface area contributed by atoms with Crippen LogP contribution in [-0.4, -0.2) is 64.8 Å². The molecule has 2 amide bonds. The smallest absolute Gasteiger partial charge is 0.248 e. The zero-order valence-electron chi connectivity index (χ0n) is 16.3. The number of aromatic amines is 1. The molecule has 8 heteroatoms. The summed E-state index contributed by atoms with van der Waals surface area (Å²) < 4.78 is 0. The summed E-state index contributed by atoms with van der Waals surface area (Å²) in [6.45, 7) is 3.45. The number of benzene rings is 2. The number of rotatable bonds is 5. The lowest BCUT2D eigenvalue weighted by Crippen LogP contribution is -2.48. The van der Waals surface area contributed by atoms with Crippen LogP contribution >= 0.6 is 0 Å². The van der Waals surface area contributed by atoms with Gasteiger partial charge in [0, 0.05) is 31.7 Å². The Labute approximate surface area is 168 Å². The highest BCUT2D eigenvalue weighted by molar-refractivity contribution is 5.98. The first kappa shape index (κ1) is 19.1. The predicted molar refractivity (Wildman–Crippen MR) is 111 cm³/mol. The number of carbonyl (C=O) groups is 2. The molecule has 0 aliphatic carbocycles. The molecule has 1 aliphatic heterocycles. The van der Waals surface area contributed by atoms with Gasteiger partial charge in [0.15, 0.2) is 0 Å². The maximum atomic E-state index is 13.2. The van der Waals surface area contributed by atoms with Crippen LogP contribution in [0.15, 0.2) is 48.5 Å². The monoisotopic (exact) mass is 392 g/mol. The largest absolute Gasteiger partial charge is 0.366 e. The summed E-state index contributed by atoms with van der Waals surface area (Å²) in [5.74, 6) is -0.303. The Balaban J connectivity index is 1.59. The lowest BCUT2D eigenvalue weighted by atomic mass is 10.0. The molecule has 3 aromatic rings. The number of nitrogens with two attached hydrogens (primary N) is 1. The molecule has 1 aromatic heterocycles. The highest BCUT2D eigenvalue weighted by Crippen LogP contribution is 2.24. The SMILES string of the molecule is CN1CCN(C(C(=O)Nc2nc3ccc(C(N)=O)cc3[nH]2)c2ccccc2)CC1. The van der Waals surface area contributed by atoms with Crippen LogP contribution in [0.5, 0.6) is 0 Å². The van der Waals surface area contributed by atoms with E-state index in [4.69, 9.17) is 5.73 Å². The van der Waals surface area contributed by atoms with Gasteiger partial charge in [-0.25, -0.2) is 4.98 Å². The van der Waals surface area contributed by atoms with Crippen LogP contribution in [0.2, 0.25) is 0 Å². The van der Waals surface area contributed by atoms with Crippen molar-refractivity contribution in [2.24, 2.45) is 5.73 Å². The summed E-state index contributed by atoms with van der Waals surface area (Å²) in [5, 5.41) is 2.91. The van der Waals surface area contributed by atoms with E-state index in [1.54, 1.807) is 18.2 Å². The average Bonchev–Trinajstić information content (AvgIpc) is 3.11. The summed E-state index contributed by atoms with van der Waals surface area (Å²) in [4.78, 5) is 36.6. The Kier molecular flexibility index (Phi) is 5.28. The van der Waals surface area contributed by atoms with Crippen molar-refractivity contribution in [3.63, 3.8) is 0 Å². The standard InChI is InChI=1S/C21H24N6O2/c1-26-9-11-27(12-10-26)18(14-5-3-2-4-6-14)20(29)25-21-23-16-8-7-15(19(22)28)13-17(16)24-21/h2-8,13,18H,9-12H2,1H3,(H2,22,28)(H2,23,24,25,29). The van der Waals surface area contributed by atoms with E-state index in [1.165, 1.54) is 0 Å². The van der Waals surface area contributed by atoms with Gasteiger partial charge in [-0.3, -0.25) is 19.8 Å². The minimum Gasteiger partial charge on any atom is -0.366 e. The van der Waals surface area contributed by atoms with Crippen LogP contribution in [0.1, 0.15) is 22.0 Å². The number of hydrogen-bond donors (Lipinski definition) is 3. The second-order valence-electron chi connectivity index (χ2n) is 7.32. The van der Waals surface area contributed by atoms with E-state index in [0.717, 1.165) is 31.7 Å². The molecule has 0 bridgehead atoms. The van der Waals surface area contributed by atoms with Gasteiger partial charge in [0.25, 0.3) is 0 Å². The number of imidazole rings is 1. The summed E-state index contributed by atoms with van der Waals surface area (Å²) >= 11 is 0. The molecule has 2 heterocycles. The van der Waals surface area contributed by atoms with Crippen LogP contribution in [-0.2, 0) is 4.79 Å². The normalized spacial score (nSPS) is 16.6. The molecule has 2 aromatic carbocycles. The van der Waals surface area contributed by atoms with Crippen molar-refractivity contribution < 1.29 is 9.59 Å². The van der Waals surface area contributed by atoms with Crippen molar-refractivity contribution in [1.82, 2.24) is 19.8 Å². The topological polar surface area (TPSA) is 107 Å². The highest BCUT2D eigenvalue weighted by atomic mass is 16.2. The second-order valence-corrected chi connectivity index (χ2v) is 7.32. The minimum absolute atomic E-state index is 0.144. The molecule has 4 N–H and O–H groups in total. The molecule has 4 rings (SSSR count). The Bertz CT molecular complexity index is 1020. The van der Waals surface area contributed by atoms with Crippen LogP contribution in [0.4, 0.5) is 5.95 Å². The summed E-state index contributed by atoms with van der Waals surface area (Å²) in [6, 6.07) is 14.3. The third-order valence-corrected chi connectivity index (χ3v) is 5.27. The number of aromatic nitrogens is 2. The Hall–Kier alpha value is -3.23. The molecule has 0 spiro atoms. The Morgan fingerprint density at radius 3 is 2.52 bits per heavy atom. The Morgan fingerprint density at radius 1 is 1.10 bits per heavy atom. The van der Waals surface area contributed by atoms with Crippen molar-refractivity contribution in [2.45, 2.75) is 6.04 Å². The molecule has 1 saturated heterocycles. The molecule has 150 valence electrons. The number of anilines is 1.